The number of hydrogen-bond donors (Lipinski definition) is 3. The fourth-order valence-corrected chi connectivity index (χ4v) is 3.85. The zero-order valence-electron chi connectivity index (χ0n) is 10.7. The third-order valence-corrected chi connectivity index (χ3v) is 4.44. The highest BCUT2D eigenvalue weighted by Crippen LogP contribution is 2.48. The Labute approximate surface area is 106 Å². The van der Waals surface area contributed by atoms with Crippen molar-refractivity contribution in [3.05, 3.63) is 16.0 Å². The van der Waals surface area contributed by atoms with E-state index in [0.29, 0.717) is 10.6 Å². The van der Waals surface area contributed by atoms with Crippen LogP contribution in [0.15, 0.2) is 0 Å². The van der Waals surface area contributed by atoms with E-state index >= 15 is 0 Å². The number of fused-ring (bicyclic) bond motifs is 1. The average molecular weight is 256 g/mol. The van der Waals surface area contributed by atoms with Crippen LogP contribution in [0.1, 0.15) is 49.9 Å². The lowest BCUT2D eigenvalue weighted by Crippen LogP contribution is -2.42. The minimum absolute atomic E-state index is 0.270. The SMILES string of the molecule is CC1(C)Cc2c(sc(N)c2C(N)O)C(C)(C)O1. The average Bonchev–Trinajstić information content (AvgIpc) is 2.38. The number of aliphatic hydroxyl groups excluding tert-OH is 1. The molecule has 1 unspecified atom stereocenters. The van der Waals surface area contributed by atoms with Crippen LogP contribution < -0.4 is 11.5 Å². The molecule has 0 bridgehead atoms. The molecule has 2 heterocycles. The molecule has 0 spiro atoms. The van der Waals surface area contributed by atoms with Gasteiger partial charge in [-0.25, -0.2) is 0 Å². The maximum Gasteiger partial charge on any atom is 0.131 e. The lowest BCUT2D eigenvalue weighted by Gasteiger charge is -2.41. The summed E-state index contributed by atoms with van der Waals surface area (Å²) in [6.07, 6.45) is -0.289. The van der Waals surface area contributed by atoms with Crippen LogP contribution in [0.25, 0.3) is 0 Å². The molecule has 2 rings (SSSR count). The Morgan fingerprint density at radius 1 is 1.35 bits per heavy atom. The van der Waals surface area contributed by atoms with Crippen molar-refractivity contribution in [1.82, 2.24) is 0 Å². The molecule has 1 aliphatic rings. The van der Waals surface area contributed by atoms with Crippen molar-refractivity contribution in [3.8, 4) is 0 Å². The molecule has 96 valence electrons. The van der Waals surface area contributed by atoms with Gasteiger partial charge in [0.05, 0.1) is 16.2 Å². The lowest BCUT2D eigenvalue weighted by molar-refractivity contribution is -0.136. The van der Waals surface area contributed by atoms with Crippen LogP contribution in [-0.4, -0.2) is 10.7 Å². The molecule has 0 aliphatic carbocycles. The van der Waals surface area contributed by atoms with E-state index in [0.717, 1.165) is 16.9 Å². The van der Waals surface area contributed by atoms with Gasteiger partial charge in [-0.3, -0.25) is 0 Å². The summed E-state index contributed by atoms with van der Waals surface area (Å²) in [6, 6.07) is 0. The van der Waals surface area contributed by atoms with Gasteiger partial charge >= 0.3 is 0 Å². The van der Waals surface area contributed by atoms with Crippen molar-refractivity contribution >= 4 is 16.3 Å². The predicted molar refractivity (Wildman–Crippen MR) is 69.8 cm³/mol. The first-order chi connectivity index (χ1) is 7.64. The Kier molecular flexibility index (Phi) is 2.78. The Hall–Kier alpha value is -0.620. The fraction of sp³-hybridized carbons (Fsp3) is 0.667. The molecule has 1 aliphatic heterocycles. The summed E-state index contributed by atoms with van der Waals surface area (Å²) in [5, 5.41) is 10.3. The number of hydrogen-bond acceptors (Lipinski definition) is 5. The zero-order valence-corrected chi connectivity index (χ0v) is 11.5. The van der Waals surface area contributed by atoms with E-state index in [-0.39, 0.29) is 11.2 Å². The second-order valence-corrected chi connectivity index (χ2v) is 6.73. The molecule has 4 nitrogen and oxygen atoms in total. The fourth-order valence-electron chi connectivity index (χ4n) is 2.68. The first kappa shape index (κ1) is 12.8. The summed E-state index contributed by atoms with van der Waals surface area (Å²) in [4.78, 5) is 1.08. The van der Waals surface area contributed by atoms with E-state index < -0.39 is 6.23 Å². The van der Waals surface area contributed by atoms with E-state index in [4.69, 9.17) is 16.2 Å². The van der Waals surface area contributed by atoms with Crippen LogP contribution in [0, 0.1) is 0 Å². The number of anilines is 1. The van der Waals surface area contributed by atoms with Gasteiger partial charge in [0.25, 0.3) is 0 Å². The van der Waals surface area contributed by atoms with Gasteiger partial charge in [-0.1, -0.05) is 0 Å². The van der Waals surface area contributed by atoms with Crippen LogP contribution in [-0.2, 0) is 16.8 Å². The number of ether oxygens (including phenoxy) is 1. The molecule has 5 heteroatoms. The van der Waals surface area contributed by atoms with Crippen LogP contribution in [0.2, 0.25) is 0 Å². The van der Waals surface area contributed by atoms with Crippen molar-refractivity contribution in [2.45, 2.75) is 51.5 Å². The summed E-state index contributed by atoms with van der Waals surface area (Å²) in [6.45, 7) is 8.13. The van der Waals surface area contributed by atoms with Gasteiger partial charge in [-0.15, -0.1) is 11.3 Å². The Bertz CT molecular complexity index is 450. The number of thiophene rings is 1. The quantitative estimate of drug-likeness (QED) is 0.670. The van der Waals surface area contributed by atoms with Crippen LogP contribution in [0.5, 0.6) is 0 Å². The monoisotopic (exact) mass is 256 g/mol. The standard InChI is InChI=1S/C12H20N2O2S/c1-11(2)5-6-7(9(13)15)10(14)17-8(6)12(3,4)16-11/h9,15H,5,13-14H2,1-4H3. The van der Waals surface area contributed by atoms with Gasteiger partial charge in [0.15, 0.2) is 0 Å². The number of rotatable bonds is 1. The van der Waals surface area contributed by atoms with Gasteiger partial charge in [0.2, 0.25) is 0 Å². The van der Waals surface area contributed by atoms with Crippen LogP contribution >= 0.6 is 11.3 Å². The highest BCUT2D eigenvalue weighted by atomic mass is 32.1. The van der Waals surface area contributed by atoms with Gasteiger partial charge in [0, 0.05) is 16.9 Å². The number of aliphatic hydroxyl groups is 1. The molecule has 0 aromatic carbocycles. The van der Waals surface area contributed by atoms with Crippen molar-refractivity contribution in [2.75, 3.05) is 5.73 Å². The highest BCUT2D eigenvalue weighted by Gasteiger charge is 2.42. The number of nitrogen functional groups attached to an aromatic ring is 1. The molecule has 1 aromatic rings. The molecular formula is C12H20N2O2S. The molecule has 0 amide bonds. The zero-order chi connectivity index (χ0) is 13.0. The van der Waals surface area contributed by atoms with Crippen LogP contribution in [0.4, 0.5) is 5.00 Å². The first-order valence-electron chi connectivity index (χ1n) is 5.69. The summed E-state index contributed by atoms with van der Waals surface area (Å²) in [7, 11) is 0. The summed E-state index contributed by atoms with van der Waals surface area (Å²) in [5.41, 5.74) is 12.6. The van der Waals surface area contributed by atoms with E-state index in [2.05, 4.69) is 0 Å². The van der Waals surface area contributed by atoms with Crippen molar-refractivity contribution in [2.24, 2.45) is 5.73 Å². The summed E-state index contributed by atoms with van der Waals surface area (Å²) < 4.78 is 6.07. The third-order valence-electron chi connectivity index (χ3n) is 3.05. The van der Waals surface area contributed by atoms with Gasteiger partial charge in [0.1, 0.15) is 6.23 Å². The normalized spacial score (nSPS) is 23.2. The molecule has 1 aromatic heterocycles. The Morgan fingerprint density at radius 2 is 1.94 bits per heavy atom. The summed E-state index contributed by atoms with van der Waals surface area (Å²) >= 11 is 1.47. The lowest BCUT2D eigenvalue weighted by atomic mass is 9.86. The predicted octanol–water partition coefficient (Wildman–Crippen LogP) is 1.87. The minimum atomic E-state index is -1.01. The molecule has 0 radical (unpaired) electrons. The van der Waals surface area contributed by atoms with E-state index in [1.807, 2.05) is 27.7 Å². The van der Waals surface area contributed by atoms with Crippen molar-refractivity contribution in [1.29, 1.82) is 0 Å². The van der Waals surface area contributed by atoms with Crippen molar-refractivity contribution in [3.63, 3.8) is 0 Å². The molecule has 0 saturated heterocycles. The highest BCUT2D eigenvalue weighted by molar-refractivity contribution is 7.16. The molecular weight excluding hydrogens is 236 g/mol. The largest absolute Gasteiger partial charge is 0.390 e. The molecule has 5 N–H and O–H groups in total. The topological polar surface area (TPSA) is 81.5 Å². The molecule has 1 atom stereocenters. The molecule has 0 fully saturated rings. The molecule has 17 heavy (non-hydrogen) atoms. The Morgan fingerprint density at radius 3 is 2.47 bits per heavy atom. The Balaban J connectivity index is 2.62. The van der Waals surface area contributed by atoms with Gasteiger partial charge in [-0.05, 0) is 33.3 Å². The first-order valence-corrected chi connectivity index (χ1v) is 6.51. The van der Waals surface area contributed by atoms with E-state index in [1.54, 1.807) is 0 Å². The second-order valence-electron chi connectivity index (χ2n) is 5.68. The van der Waals surface area contributed by atoms with Gasteiger partial charge in [-0.2, -0.15) is 0 Å². The van der Waals surface area contributed by atoms with E-state index in [9.17, 15) is 5.11 Å². The maximum atomic E-state index is 9.65. The molecule has 0 saturated carbocycles. The minimum Gasteiger partial charge on any atom is -0.390 e. The van der Waals surface area contributed by atoms with Crippen LogP contribution in [0.3, 0.4) is 0 Å². The summed E-state index contributed by atoms with van der Waals surface area (Å²) in [5.74, 6) is 0. The van der Waals surface area contributed by atoms with Crippen molar-refractivity contribution < 1.29 is 9.84 Å². The maximum absolute atomic E-state index is 9.65. The second kappa shape index (κ2) is 3.68. The number of nitrogens with two attached hydrogens (primary N) is 2. The van der Waals surface area contributed by atoms with E-state index in [1.165, 1.54) is 11.3 Å². The smallest absolute Gasteiger partial charge is 0.131 e. The third kappa shape index (κ3) is 2.08. The van der Waals surface area contributed by atoms with Gasteiger partial charge < -0.3 is 21.3 Å².